The Hall–Kier alpha value is -1.10. The van der Waals surface area contributed by atoms with Crippen LogP contribution in [0.3, 0.4) is 0 Å². The summed E-state index contributed by atoms with van der Waals surface area (Å²) < 4.78 is 10.6. The topological polar surface area (TPSA) is 72.8 Å². The van der Waals surface area contributed by atoms with Crippen molar-refractivity contribution >= 4 is 11.9 Å². The van der Waals surface area contributed by atoms with Gasteiger partial charge in [-0.25, -0.2) is 4.79 Å². The molecule has 102 valence electrons. The SMILES string of the molecule is CC(C)(C)C1(C(=O)O)CC2(CCOCC2)C(=O)O1. The summed E-state index contributed by atoms with van der Waals surface area (Å²) in [5, 5.41) is 9.52. The van der Waals surface area contributed by atoms with Gasteiger partial charge in [0.2, 0.25) is 5.60 Å². The third-order valence-electron chi connectivity index (χ3n) is 4.29. The van der Waals surface area contributed by atoms with Gasteiger partial charge in [-0.1, -0.05) is 20.8 Å². The molecule has 2 fully saturated rings. The highest BCUT2D eigenvalue weighted by molar-refractivity contribution is 5.89. The van der Waals surface area contributed by atoms with Gasteiger partial charge in [-0.2, -0.15) is 0 Å². The van der Waals surface area contributed by atoms with Crippen molar-refractivity contribution < 1.29 is 24.2 Å². The van der Waals surface area contributed by atoms with Crippen LogP contribution in [0.1, 0.15) is 40.0 Å². The van der Waals surface area contributed by atoms with E-state index < -0.39 is 22.4 Å². The van der Waals surface area contributed by atoms with Crippen molar-refractivity contribution in [2.75, 3.05) is 13.2 Å². The second-order valence-electron chi connectivity index (χ2n) is 6.34. The standard InChI is InChI=1S/C13H20O5/c1-11(2,3)13(9(14)15)8-12(10(16)18-13)4-6-17-7-5-12/h4-8H2,1-3H3,(H,14,15). The maximum atomic E-state index is 12.2. The van der Waals surface area contributed by atoms with Crippen molar-refractivity contribution in [1.82, 2.24) is 0 Å². The Morgan fingerprint density at radius 2 is 1.83 bits per heavy atom. The number of carboxylic acid groups (broad SMARTS) is 1. The van der Waals surface area contributed by atoms with Gasteiger partial charge in [0.15, 0.2) is 0 Å². The van der Waals surface area contributed by atoms with Crippen molar-refractivity contribution in [3.63, 3.8) is 0 Å². The summed E-state index contributed by atoms with van der Waals surface area (Å²) in [5.41, 5.74) is -2.71. The first-order valence-corrected chi connectivity index (χ1v) is 6.28. The van der Waals surface area contributed by atoms with Crippen molar-refractivity contribution in [3.8, 4) is 0 Å². The molecule has 0 amide bonds. The first-order valence-electron chi connectivity index (χ1n) is 6.28. The molecule has 5 nitrogen and oxygen atoms in total. The second kappa shape index (κ2) is 3.95. The summed E-state index contributed by atoms with van der Waals surface area (Å²) in [6.07, 6.45) is 1.36. The number of aliphatic carboxylic acids is 1. The van der Waals surface area contributed by atoms with E-state index >= 15 is 0 Å². The van der Waals surface area contributed by atoms with E-state index in [1.165, 1.54) is 0 Å². The Morgan fingerprint density at radius 1 is 1.28 bits per heavy atom. The van der Waals surface area contributed by atoms with Gasteiger partial charge in [-0.3, -0.25) is 4.79 Å². The molecule has 18 heavy (non-hydrogen) atoms. The number of ether oxygens (including phenoxy) is 2. The number of cyclic esters (lactones) is 1. The van der Waals surface area contributed by atoms with Crippen LogP contribution in [0.15, 0.2) is 0 Å². The minimum absolute atomic E-state index is 0.251. The quantitative estimate of drug-likeness (QED) is 0.721. The molecule has 0 aromatic rings. The van der Waals surface area contributed by atoms with Gasteiger partial charge in [-0.15, -0.1) is 0 Å². The lowest BCUT2D eigenvalue weighted by molar-refractivity contribution is -0.182. The molecule has 2 aliphatic heterocycles. The van der Waals surface area contributed by atoms with Crippen LogP contribution >= 0.6 is 0 Å². The van der Waals surface area contributed by atoms with Crippen LogP contribution in [-0.2, 0) is 19.1 Å². The van der Waals surface area contributed by atoms with Gasteiger partial charge >= 0.3 is 11.9 Å². The second-order valence-corrected chi connectivity index (χ2v) is 6.34. The van der Waals surface area contributed by atoms with E-state index in [0.29, 0.717) is 26.1 Å². The number of carbonyl (C=O) groups excluding carboxylic acids is 1. The fraction of sp³-hybridized carbons (Fsp3) is 0.846. The Kier molecular flexibility index (Phi) is 2.93. The monoisotopic (exact) mass is 256 g/mol. The minimum atomic E-state index is -1.42. The van der Waals surface area contributed by atoms with Gasteiger partial charge in [0.05, 0.1) is 5.41 Å². The molecule has 1 N–H and O–H groups in total. The lowest BCUT2D eigenvalue weighted by Gasteiger charge is -2.37. The van der Waals surface area contributed by atoms with Gasteiger partial charge in [0, 0.05) is 25.0 Å². The van der Waals surface area contributed by atoms with Crippen molar-refractivity contribution in [2.45, 2.75) is 45.6 Å². The molecular weight excluding hydrogens is 236 g/mol. The molecule has 1 atom stereocenters. The van der Waals surface area contributed by atoms with Crippen LogP contribution in [-0.4, -0.2) is 35.9 Å². The lowest BCUT2D eigenvalue weighted by atomic mass is 9.67. The number of esters is 1. The summed E-state index contributed by atoms with van der Waals surface area (Å²) in [5.74, 6) is -1.42. The van der Waals surface area contributed by atoms with E-state index in [9.17, 15) is 14.7 Å². The fourth-order valence-electron chi connectivity index (χ4n) is 2.85. The average Bonchev–Trinajstić information content (AvgIpc) is 2.54. The molecule has 0 bridgehead atoms. The van der Waals surface area contributed by atoms with Gasteiger partial charge in [0.25, 0.3) is 0 Å². The zero-order valence-electron chi connectivity index (χ0n) is 11.1. The first kappa shape index (κ1) is 13.3. The number of carboxylic acids is 1. The molecular formula is C13H20O5. The number of hydrogen-bond acceptors (Lipinski definition) is 4. The Labute approximate surface area is 106 Å². The number of rotatable bonds is 1. The molecule has 1 spiro atoms. The van der Waals surface area contributed by atoms with E-state index in [1.807, 2.05) is 0 Å². The van der Waals surface area contributed by atoms with Crippen LogP contribution in [0.4, 0.5) is 0 Å². The van der Waals surface area contributed by atoms with E-state index in [-0.39, 0.29) is 12.4 Å². The van der Waals surface area contributed by atoms with Crippen LogP contribution in [0.5, 0.6) is 0 Å². The highest BCUT2D eigenvalue weighted by Crippen LogP contribution is 2.53. The summed E-state index contributed by atoms with van der Waals surface area (Å²) in [4.78, 5) is 23.8. The van der Waals surface area contributed by atoms with Crippen LogP contribution in [0, 0.1) is 10.8 Å². The Balaban J connectivity index is 2.37. The molecule has 0 aromatic carbocycles. The lowest BCUT2D eigenvalue weighted by Crippen LogP contribution is -2.50. The molecule has 0 radical (unpaired) electrons. The largest absolute Gasteiger partial charge is 0.478 e. The Morgan fingerprint density at radius 3 is 2.22 bits per heavy atom. The maximum Gasteiger partial charge on any atom is 0.348 e. The molecule has 0 saturated carbocycles. The molecule has 2 heterocycles. The summed E-state index contributed by atoms with van der Waals surface area (Å²) in [7, 11) is 0. The predicted molar refractivity (Wildman–Crippen MR) is 63.0 cm³/mol. The third kappa shape index (κ3) is 1.72. The maximum absolute atomic E-state index is 12.2. The van der Waals surface area contributed by atoms with Crippen molar-refractivity contribution in [1.29, 1.82) is 0 Å². The summed E-state index contributed by atoms with van der Waals surface area (Å²) >= 11 is 0. The third-order valence-corrected chi connectivity index (χ3v) is 4.29. The normalized spacial score (nSPS) is 31.4. The van der Waals surface area contributed by atoms with Crippen LogP contribution in [0.2, 0.25) is 0 Å². The highest BCUT2D eigenvalue weighted by Gasteiger charge is 2.65. The molecule has 1 unspecified atom stereocenters. The Bertz CT molecular complexity index is 375. The van der Waals surface area contributed by atoms with Gasteiger partial charge < -0.3 is 14.6 Å². The minimum Gasteiger partial charge on any atom is -0.478 e. The zero-order valence-corrected chi connectivity index (χ0v) is 11.1. The molecule has 2 rings (SSSR count). The van der Waals surface area contributed by atoms with Crippen LogP contribution in [0.25, 0.3) is 0 Å². The highest BCUT2D eigenvalue weighted by atomic mass is 16.6. The first-order chi connectivity index (χ1) is 8.24. The number of hydrogen-bond donors (Lipinski definition) is 1. The smallest absolute Gasteiger partial charge is 0.348 e. The predicted octanol–water partition coefficient (Wildman–Crippen LogP) is 1.60. The zero-order chi connectivity index (χ0) is 13.6. The van der Waals surface area contributed by atoms with Crippen molar-refractivity contribution in [2.24, 2.45) is 10.8 Å². The molecule has 0 aromatic heterocycles. The van der Waals surface area contributed by atoms with Crippen LogP contribution < -0.4 is 0 Å². The van der Waals surface area contributed by atoms with E-state index in [0.717, 1.165) is 0 Å². The molecule has 0 aliphatic carbocycles. The van der Waals surface area contributed by atoms with Gasteiger partial charge in [0.1, 0.15) is 0 Å². The summed E-state index contributed by atoms with van der Waals surface area (Å²) in [6.45, 7) is 6.39. The van der Waals surface area contributed by atoms with E-state index in [2.05, 4.69) is 0 Å². The molecule has 2 aliphatic rings. The fourth-order valence-corrected chi connectivity index (χ4v) is 2.85. The van der Waals surface area contributed by atoms with E-state index in [4.69, 9.17) is 9.47 Å². The number of carbonyl (C=O) groups is 2. The average molecular weight is 256 g/mol. The molecule has 5 heteroatoms. The molecule has 2 saturated heterocycles. The van der Waals surface area contributed by atoms with E-state index in [1.54, 1.807) is 20.8 Å². The van der Waals surface area contributed by atoms with Gasteiger partial charge in [-0.05, 0) is 12.8 Å². The summed E-state index contributed by atoms with van der Waals surface area (Å²) in [6, 6.07) is 0. The van der Waals surface area contributed by atoms with Crippen molar-refractivity contribution in [3.05, 3.63) is 0 Å².